The normalized spacial score (nSPS) is 11.0. The van der Waals surface area contributed by atoms with Gasteiger partial charge in [0.2, 0.25) is 0 Å². The molecule has 1 heterocycles. The highest BCUT2D eigenvalue weighted by Crippen LogP contribution is 2.20. The predicted octanol–water partition coefficient (Wildman–Crippen LogP) is 4.99. The van der Waals surface area contributed by atoms with Crippen molar-refractivity contribution in [3.8, 4) is 0 Å². The van der Waals surface area contributed by atoms with Gasteiger partial charge in [-0.2, -0.15) is 0 Å². The van der Waals surface area contributed by atoms with Gasteiger partial charge in [0.1, 0.15) is 5.82 Å². The highest BCUT2D eigenvalue weighted by Gasteiger charge is 2.08. The summed E-state index contributed by atoms with van der Waals surface area (Å²) in [6.45, 7) is 0. The Labute approximate surface area is 142 Å². The molecule has 0 saturated carbocycles. The number of fused-ring (bicyclic) bond motifs is 1. The van der Waals surface area contributed by atoms with Gasteiger partial charge in [-0.05, 0) is 42.5 Å². The van der Waals surface area contributed by atoms with Gasteiger partial charge in [-0.3, -0.25) is 4.79 Å². The molecule has 0 radical (unpaired) electrons. The molecule has 0 spiro atoms. The molecule has 112 valence electrons. The number of H-pyrrole nitrogens is 1. The van der Waals surface area contributed by atoms with Crippen molar-refractivity contribution in [2.24, 2.45) is 0 Å². The minimum atomic E-state index is 0.0841. The van der Waals surface area contributed by atoms with Crippen molar-refractivity contribution in [1.82, 2.24) is 9.97 Å². The standard InChI is InChI=1S/C16H12Cl2N2OS/c17-11-3-1-10(2-4-11)15(21)8-22-9-16-19-13-6-5-12(18)7-14(13)20-16/h1-7H,8-9H2,(H,19,20). The Bertz CT molecular complexity index is 815. The van der Waals surface area contributed by atoms with E-state index in [1.54, 1.807) is 24.3 Å². The van der Waals surface area contributed by atoms with Crippen molar-refractivity contribution in [2.75, 3.05) is 5.75 Å². The molecule has 0 unspecified atom stereocenters. The lowest BCUT2D eigenvalue weighted by Crippen LogP contribution is -2.02. The molecule has 3 rings (SSSR count). The van der Waals surface area contributed by atoms with Crippen molar-refractivity contribution in [2.45, 2.75) is 5.75 Å². The number of nitrogens with zero attached hydrogens (tertiary/aromatic N) is 1. The van der Waals surface area contributed by atoms with Gasteiger partial charge in [0.25, 0.3) is 0 Å². The van der Waals surface area contributed by atoms with E-state index in [-0.39, 0.29) is 5.78 Å². The lowest BCUT2D eigenvalue weighted by Gasteiger charge is -2.00. The maximum atomic E-state index is 12.1. The Kier molecular flexibility index (Phi) is 4.71. The molecule has 0 aliphatic rings. The molecule has 1 N–H and O–H groups in total. The molecule has 0 bridgehead atoms. The van der Waals surface area contributed by atoms with Crippen LogP contribution < -0.4 is 0 Å². The van der Waals surface area contributed by atoms with Crippen LogP contribution in [0.5, 0.6) is 0 Å². The number of ketones is 1. The maximum Gasteiger partial charge on any atom is 0.172 e. The average Bonchev–Trinajstić information content (AvgIpc) is 2.89. The second-order valence-corrected chi connectivity index (χ2v) is 6.63. The molecule has 0 atom stereocenters. The monoisotopic (exact) mass is 350 g/mol. The first-order valence-corrected chi connectivity index (χ1v) is 8.53. The molecule has 6 heteroatoms. The van der Waals surface area contributed by atoms with Crippen molar-refractivity contribution >= 4 is 51.8 Å². The molecule has 3 aromatic rings. The number of hydrogen-bond donors (Lipinski definition) is 1. The fraction of sp³-hybridized carbons (Fsp3) is 0.125. The van der Waals surface area contributed by atoms with E-state index in [2.05, 4.69) is 9.97 Å². The number of rotatable bonds is 5. The largest absolute Gasteiger partial charge is 0.341 e. The molecular formula is C16H12Cl2N2OS. The van der Waals surface area contributed by atoms with Gasteiger partial charge in [0, 0.05) is 15.6 Å². The zero-order chi connectivity index (χ0) is 15.5. The van der Waals surface area contributed by atoms with Crippen molar-refractivity contribution in [3.05, 3.63) is 63.9 Å². The molecule has 0 fully saturated rings. The second kappa shape index (κ2) is 6.73. The van der Waals surface area contributed by atoms with Crippen LogP contribution in [0.25, 0.3) is 11.0 Å². The number of halogens is 2. The van der Waals surface area contributed by atoms with Crippen molar-refractivity contribution in [3.63, 3.8) is 0 Å². The van der Waals surface area contributed by atoms with E-state index in [1.165, 1.54) is 11.8 Å². The molecule has 0 amide bonds. The number of carbonyl (C=O) groups is 1. The minimum absolute atomic E-state index is 0.0841. The van der Waals surface area contributed by atoms with E-state index in [0.29, 0.717) is 27.1 Å². The quantitative estimate of drug-likeness (QED) is 0.659. The van der Waals surface area contributed by atoms with Crippen molar-refractivity contribution in [1.29, 1.82) is 0 Å². The molecule has 2 aromatic carbocycles. The average molecular weight is 351 g/mol. The molecule has 0 aliphatic heterocycles. The Morgan fingerprint density at radius 2 is 1.82 bits per heavy atom. The summed E-state index contributed by atoms with van der Waals surface area (Å²) in [4.78, 5) is 19.7. The third-order valence-electron chi connectivity index (χ3n) is 3.13. The molecule has 1 aromatic heterocycles. The summed E-state index contributed by atoms with van der Waals surface area (Å²) in [5.74, 6) is 1.97. The van der Waals surface area contributed by atoms with E-state index in [1.807, 2.05) is 18.2 Å². The number of nitrogens with one attached hydrogen (secondary N) is 1. The Balaban J connectivity index is 1.59. The van der Waals surface area contributed by atoms with Crippen LogP contribution in [0.1, 0.15) is 16.2 Å². The Morgan fingerprint density at radius 3 is 2.59 bits per heavy atom. The second-order valence-electron chi connectivity index (χ2n) is 4.77. The van der Waals surface area contributed by atoms with Gasteiger partial charge in [-0.1, -0.05) is 23.2 Å². The number of carbonyl (C=O) groups excluding carboxylic acids is 1. The molecule has 0 aliphatic carbocycles. The third kappa shape index (κ3) is 3.64. The summed E-state index contributed by atoms with van der Waals surface area (Å²) >= 11 is 13.3. The van der Waals surface area contributed by atoms with Gasteiger partial charge >= 0.3 is 0 Å². The predicted molar refractivity (Wildman–Crippen MR) is 93.0 cm³/mol. The third-order valence-corrected chi connectivity index (χ3v) is 4.56. The number of hydrogen-bond acceptors (Lipinski definition) is 3. The summed E-state index contributed by atoms with van der Waals surface area (Å²) in [5, 5.41) is 1.30. The maximum absolute atomic E-state index is 12.1. The van der Waals surface area contributed by atoms with Crippen LogP contribution in [-0.4, -0.2) is 21.5 Å². The number of benzene rings is 2. The first-order chi connectivity index (χ1) is 10.6. The highest BCUT2D eigenvalue weighted by molar-refractivity contribution is 7.99. The summed E-state index contributed by atoms with van der Waals surface area (Å²) in [7, 11) is 0. The first-order valence-electron chi connectivity index (χ1n) is 6.62. The Hall–Kier alpha value is -1.49. The van der Waals surface area contributed by atoms with E-state index in [4.69, 9.17) is 23.2 Å². The van der Waals surface area contributed by atoms with Crippen LogP contribution in [0.4, 0.5) is 0 Å². The first kappa shape index (κ1) is 15.4. The van der Waals surface area contributed by atoms with Crippen LogP contribution in [-0.2, 0) is 5.75 Å². The molecular weight excluding hydrogens is 339 g/mol. The minimum Gasteiger partial charge on any atom is -0.341 e. The van der Waals surface area contributed by atoms with Gasteiger partial charge in [-0.25, -0.2) is 4.98 Å². The van der Waals surface area contributed by atoms with Gasteiger partial charge < -0.3 is 4.98 Å². The summed E-state index contributed by atoms with van der Waals surface area (Å²) in [5.41, 5.74) is 2.46. The van der Waals surface area contributed by atoms with Crippen LogP contribution in [0.15, 0.2) is 42.5 Å². The van der Waals surface area contributed by atoms with Crippen LogP contribution in [0.3, 0.4) is 0 Å². The van der Waals surface area contributed by atoms with E-state index in [0.717, 1.165) is 16.9 Å². The van der Waals surface area contributed by atoms with Crippen LogP contribution in [0, 0.1) is 0 Å². The number of Topliss-reactive ketones (excluding diaryl/α,β-unsaturated/α-hetero) is 1. The lowest BCUT2D eigenvalue weighted by molar-refractivity contribution is 0.102. The number of aromatic amines is 1. The van der Waals surface area contributed by atoms with E-state index >= 15 is 0 Å². The zero-order valence-electron chi connectivity index (χ0n) is 11.5. The summed E-state index contributed by atoms with van der Waals surface area (Å²) in [6.07, 6.45) is 0. The summed E-state index contributed by atoms with van der Waals surface area (Å²) in [6, 6.07) is 12.5. The van der Waals surface area contributed by atoms with Gasteiger partial charge in [0.05, 0.1) is 22.5 Å². The smallest absolute Gasteiger partial charge is 0.172 e. The molecule has 3 nitrogen and oxygen atoms in total. The molecule has 0 saturated heterocycles. The van der Waals surface area contributed by atoms with Crippen LogP contribution >= 0.6 is 35.0 Å². The number of imidazole rings is 1. The topological polar surface area (TPSA) is 45.8 Å². The highest BCUT2D eigenvalue weighted by atomic mass is 35.5. The number of thioether (sulfide) groups is 1. The SMILES string of the molecule is O=C(CSCc1nc2ccc(Cl)cc2[nH]1)c1ccc(Cl)cc1. The van der Waals surface area contributed by atoms with Gasteiger partial charge in [0.15, 0.2) is 5.78 Å². The van der Waals surface area contributed by atoms with E-state index in [9.17, 15) is 4.79 Å². The van der Waals surface area contributed by atoms with Crippen molar-refractivity contribution < 1.29 is 4.79 Å². The van der Waals surface area contributed by atoms with E-state index < -0.39 is 0 Å². The Morgan fingerprint density at radius 1 is 1.09 bits per heavy atom. The molecule has 22 heavy (non-hydrogen) atoms. The van der Waals surface area contributed by atoms with Crippen LogP contribution in [0.2, 0.25) is 10.0 Å². The fourth-order valence-corrected chi connectivity index (χ4v) is 3.14. The fourth-order valence-electron chi connectivity index (χ4n) is 2.06. The van der Waals surface area contributed by atoms with Gasteiger partial charge in [-0.15, -0.1) is 11.8 Å². The lowest BCUT2D eigenvalue weighted by atomic mass is 10.1. The number of aromatic nitrogens is 2. The zero-order valence-corrected chi connectivity index (χ0v) is 13.8. The summed E-state index contributed by atoms with van der Waals surface area (Å²) < 4.78 is 0.